The van der Waals surface area contributed by atoms with Gasteiger partial charge in [0.05, 0.1) is 14.6 Å². The molecule has 0 aliphatic carbocycles. The summed E-state index contributed by atoms with van der Waals surface area (Å²) in [6.45, 7) is 0. The van der Waals surface area contributed by atoms with Crippen molar-refractivity contribution in [2.24, 2.45) is 0 Å². The van der Waals surface area contributed by atoms with Gasteiger partial charge in [0.25, 0.3) is 11.8 Å². The fourth-order valence-corrected chi connectivity index (χ4v) is 4.23. The van der Waals surface area contributed by atoms with Crippen LogP contribution in [0.15, 0.2) is 55.4 Å². The average Bonchev–Trinajstić information content (AvgIpc) is 2.56. The zero-order chi connectivity index (χ0) is 19.0. The molecule has 2 N–H and O–H groups in total. The van der Waals surface area contributed by atoms with Crippen LogP contribution in [0.25, 0.3) is 6.08 Å². The third-order valence-electron chi connectivity index (χ3n) is 3.52. The second kappa shape index (κ2) is 7.59. The van der Waals surface area contributed by atoms with Crippen molar-refractivity contribution >= 4 is 88.7 Å². The van der Waals surface area contributed by atoms with E-state index in [0.717, 1.165) is 4.47 Å². The van der Waals surface area contributed by atoms with Crippen molar-refractivity contribution in [2.75, 3.05) is 4.90 Å². The molecule has 0 aromatic heterocycles. The Labute approximate surface area is 179 Å². The summed E-state index contributed by atoms with van der Waals surface area (Å²) in [6, 6.07) is 10.2. The van der Waals surface area contributed by atoms with Crippen LogP contribution < -0.4 is 10.2 Å². The van der Waals surface area contributed by atoms with Crippen molar-refractivity contribution < 1.29 is 14.7 Å². The monoisotopic (exact) mass is 558 g/mol. The van der Waals surface area contributed by atoms with Crippen LogP contribution in [0.2, 0.25) is 0 Å². The first-order chi connectivity index (χ1) is 12.3. The third-order valence-corrected chi connectivity index (χ3v) is 5.51. The number of phenols is 1. The number of aromatic hydroxyl groups is 1. The van der Waals surface area contributed by atoms with E-state index >= 15 is 0 Å². The highest BCUT2D eigenvalue weighted by Crippen LogP contribution is 2.34. The van der Waals surface area contributed by atoms with Gasteiger partial charge in [-0.25, -0.2) is 0 Å². The summed E-state index contributed by atoms with van der Waals surface area (Å²) >= 11 is 15.0. The first-order valence-corrected chi connectivity index (χ1v) is 9.91. The summed E-state index contributed by atoms with van der Waals surface area (Å²) in [5.41, 5.74) is 1.03. The topological polar surface area (TPSA) is 69.6 Å². The lowest BCUT2D eigenvalue weighted by Crippen LogP contribution is -2.54. The summed E-state index contributed by atoms with van der Waals surface area (Å²) in [5.74, 6) is -1.08. The molecule has 5 nitrogen and oxygen atoms in total. The van der Waals surface area contributed by atoms with Gasteiger partial charge in [-0.3, -0.25) is 19.8 Å². The Kier molecular flexibility index (Phi) is 5.61. The number of nitrogens with zero attached hydrogens (tertiary/aromatic N) is 1. The molecule has 2 amide bonds. The van der Waals surface area contributed by atoms with Gasteiger partial charge in [0.2, 0.25) is 0 Å². The van der Waals surface area contributed by atoms with E-state index in [9.17, 15) is 14.7 Å². The van der Waals surface area contributed by atoms with Crippen molar-refractivity contribution in [1.82, 2.24) is 5.32 Å². The van der Waals surface area contributed by atoms with Crippen molar-refractivity contribution in [3.63, 3.8) is 0 Å². The van der Waals surface area contributed by atoms with Crippen molar-refractivity contribution in [3.05, 3.63) is 61.0 Å². The van der Waals surface area contributed by atoms with E-state index in [1.165, 1.54) is 11.0 Å². The smallest absolute Gasteiger partial charge is 0.270 e. The van der Waals surface area contributed by atoms with Gasteiger partial charge >= 0.3 is 0 Å². The Hall–Kier alpha value is -1.55. The lowest BCUT2D eigenvalue weighted by atomic mass is 10.1. The van der Waals surface area contributed by atoms with Crippen LogP contribution in [0.4, 0.5) is 5.69 Å². The summed E-state index contributed by atoms with van der Waals surface area (Å²) in [7, 11) is 0. The fraction of sp³-hybridized carbons (Fsp3) is 0. The summed E-state index contributed by atoms with van der Waals surface area (Å²) in [5, 5.41) is 12.3. The molecule has 132 valence electrons. The minimum Gasteiger partial charge on any atom is -0.506 e. The molecular weight excluding hydrogens is 552 g/mol. The second-order valence-corrected chi connectivity index (χ2v) is 8.28. The fourth-order valence-electron chi connectivity index (χ4n) is 2.34. The molecule has 0 spiro atoms. The van der Waals surface area contributed by atoms with Crippen LogP contribution in [0.1, 0.15) is 5.56 Å². The highest BCUT2D eigenvalue weighted by Gasteiger charge is 2.34. The van der Waals surface area contributed by atoms with Gasteiger partial charge in [0.15, 0.2) is 5.11 Å². The predicted octanol–water partition coefficient (Wildman–Crippen LogP) is 4.51. The molecule has 3 rings (SSSR count). The SMILES string of the molecule is O=C1NC(=S)N(c2cccc(Br)c2)C(=O)C1=Cc1cc(Br)c(O)c(Br)c1. The maximum atomic E-state index is 12.9. The molecule has 1 aliphatic heterocycles. The van der Waals surface area contributed by atoms with Crippen LogP contribution in [-0.4, -0.2) is 22.0 Å². The number of carbonyl (C=O) groups is 2. The lowest BCUT2D eigenvalue weighted by molar-refractivity contribution is -0.122. The number of thiocarbonyl (C=S) groups is 1. The standard InChI is InChI=1S/C17H9Br3N2O3S/c18-9-2-1-3-10(7-9)22-16(25)11(15(24)21-17(22)26)4-8-5-12(19)14(23)13(20)6-8/h1-7,23H,(H,21,24,26). The van der Waals surface area contributed by atoms with Gasteiger partial charge in [-0.15, -0.1) is 0 Å². The molecule has 26 heavy (non-hydrogen) atoms. The molecule has 2 aromatic rings. The van der Waals surface area contributed by atoms with Crippen LogP contribution >= 0.6 is 60.0 Å². The molecule has 2 aromatic carbocycles. The molecule has 0 bridgehead atoms. The van der Waals surface area contributed by atoms with Crippen LogP contribution in [0, 0.1) is 0 Å². The van der Waals surface area contributed by atoms with Gasteiger partial charge < -0.3 is 5.11 Å². The highest BCUT2D eigenvalue weighted by molar-refractivity contribution is 9.11. The lowest BCUT2D eigenvalue weighted by Gasteiger charge is -2.29. The van der Waals surface area contributed by atoms with Crippen molar-refractivity contribution in [2.45, 2.75) is 0 Å². The molecule has 0 saturated carbocycles. The number of anilines is 1. The van der Waals surface area contributed by atoms with Gasteiger partial charge in [-0.1, -0.05) is 22.0 Å². The first kappa shape index (κ1) is 19.2. The van der Waals surface area contributed by atoms with E-state index in [1.54, 1.807) is 30.3 Å². The molecule has 1 heterocycles. The number of phenolic OH excluding ortho intramolecular Hbond substituents is 1. The van der Waals surface area contributed by atoms with Crippen LogP contribution in [-0.2, 0) is 9.59 Å². The quantitative estimate of drug-likeness (QED) is 0.322. The number of nitrogens with one attached hydrogen (secondary N) is 1. The van der Waals surface area contributed by atoms with E-state index in [2.05, 4.69) is 53.1 Å². The normalized spacial score (nSPS) is 16.2. The Morgan fingerprint density at radius 3 is 2.35 bits per heavy atom. The molecular formula is C17H9Br3N2O3S. The van der Waals surface area contributed by atoms with Crippen LogP contribution in [0.5, 0.6) is 5.75 Å². The summed E-state index contributed by atoms with van der Waals surface area (Å²) < 4.78 is 1.64. The molecule has 0 radical (unpaired) electrons. The molecule has 1 fully saturated rings. The van der Waals surface area contributed by atoms with E-state index in [4.69, 9.17) is 12.2 Å². The maximum Gasteiger partial charge on any atom is 0.270 e. The maximum absolute atomic E-state index is 12.9. The van der Waals surface area contributed by atoms with Gasteiger partial charge in [0, 0.05) is 4.47 Å². The summed E-state index contributed by atoms with van der Waals surface area (Å²) in [6.07, 6.45) is 1.44. The zero-order valence-electron chi connectivity index (χ0n) is 12.8. The Morgan fingerprint density at radius 1 is 1.08 bits per heavy atom. The minimum absolute atomic E-state index is 0.0170. The molecule has 1 aliphatic rings. The molecule has 0 atom stereocenters. The Balaban J connectivity index is 2.06. The van der Waals surface area contributed by atoms with Gasteiger partial charge in [-0.05, 0) is 86.0 Å². The summed E-state index contributed by atoms with van der Waals surface area (Å²) in [4.78, 5) is 26.5. The van der Waals surface area contributed by atoms with E-state index in [-0.39, 0.29) is 16.4 Å². The Morgan fingerprint density at radius 2 is 1.73 bits per heavy atom. The predicted molar refractivity (Wildman–Crippen MR) is 114 cm³/mol. The second-order valence-electron chi connectivity index (χ2n) is 5.27. The van der Waals surface area contributed by atoms with Crippen molar-refractivity contribution in [1.29, 1.82) is 0 Å². The van der Waals surface area contributed by atoms with Gasteiger partial charge in [0.1, 0.15) is 11.3 Å². The zero-order valence-corrected chi connectivity index (χ0v) is 18.4. The third kappa shape index (κ3) is 3.75. The Bertz CT molecular complexity index is 968. The number of benzene rings is 2. The first-order valence-electron chi connectivity index (χ1n) is 7.13. The number of halogens is 3. The molecule has 0 unspecified atom stereocenters. The molecule has 9 heteroatoms. The number of rotatable bonds is 2. The van der Waals surface area contributed by atoms with E-state index < -0.39 is 11.8 Å². The number of hydrogen-bond acceptors (Lipinski definition) is 4. The highest BCUT2D eigenvalue weighted by atomic mass is 79.9. The van der Waals surface area contributed by atoms with Crippen LogP contribution in [0.3, 0.4) is 0 Å². The number of amides is 2. The largest absolute Gasteiger partial charge is 0.506 e. The van der Waals surface area contributed by atoms with Gasteiger partial charge in [-0.2, -0.15) is 0 Å². The average molecular weight is 561 g/mol. The number of hydrogen-bond donors (Lipinski definition) is 2. The van der Waals surface area contributed by atoms with Crippen molar-refractivity contribution in [3.8, 4) is 5.75 Å². The number of carbonyl (C=O) groups excluding carboxylic acids is 2. The minimum atomic E-state index is -0.577. The molecule has 1 saturated heterocycles. The van der Waals surface area contributed by atoms with E-state index in [0.29, 0.717) is 20.2 Å². The van der Waals surface area contributed by atoms with E-state index in [1.807, 2.05) is 6.07 Å².